The van der Waals surface area contributed by atoms with Crippen LogP contribution in [0.15, 0.2) is 0 Å². The number of carbonyl (C=O) groups is 7. The fraction of sp³-hybridized carbons (Fsp3) is 0.829. The Morgan fingerprint density at radius 1 is 0.618 bits per heavy atom. The van der Waals surface area contributed by atoms with Crippen molar-refractivity contribution < 1.29 is 52.1 Å². The fourth-order valence-corrected chi connectivity index (χ4v) is 5.68. The number of Topliss-reactive ketones (excluding diaryl/α,β-unsaturated/α-hetero) is 1. The van der Waals surface area contributed by atoms with E-state index in [4.69, 9.17) is 14.2 Å². The molecule has 14 heteroatoms. The van der Waals surface area contributed by atoms with Crippen molar-refractivity contribution in [2.24, 2.45) is 17.8 Å². The first-order valence-corrected chi connectivity index (χ1v) is 20.5. The molecule has 1 rings (SSSR count). The number of ether oxygens (including phenoxy) is 3. The molecular weight excluding hydrogens is 708 g/mol. The highest BCUT2D eigenvalue weighted by Gasteiger charge is 2.37. The minimum Gasteiger partial charge on any atom is -0.451 e. The van der Waals surface area contributed by atoms with E-state index < -0.39 is 89.8 Å². The molecule has 0 bridgehead atoms. The molecule has 1 saturated heterocycles. The molecule has 1 aliphatic rings. The maximum absolute atomic E-state index is 13.3. The van der Waals surface area contributed by atoms with Gasteiger partial charge in [0.15, 0.2) is 18.3 Å². The molecule has 0 aromatic rings. The van der Waals surface area contributed by atoms with Crippen molar-refractivity contribution in [2.75, 3.05) is 13.6 Å². The zero-order valence-electron chi connectivity index (χ0n) is 35.7. The molecule has 324 valence electrons. The van der Waals surface area contributed by atoms with Crippen molar-refractivity contribution >= 4 is 41.4 Å². The third kappa shape index (κ3) is 22.0. The Kier molecular flexibility index (Phi) is 26.9. The van der Waals surface area contributed by atoms with Gasteiger partial charge in [0, 0.05) is 10.7 Å². The van der Waals surface area contributed by atoms with Gasteiger partial charge in [-0.15, -0.1) is 0 Å². The van der Waals surface area contributed by atoms with Crippen LogP contribution in [0.1, 0.15) is 157 Å². The van der Waals surface area contributed by atoms with E-state index in [2.05, 4.69) is 28.2 Å². The van der Waals surface area contributed by atoms with E-state index in [1.807, 2.05) is 0 Å². The van der Waals surface area contributed by atoms with Crippen LogP contribution >= 0.6 is 0 Å². The van der Waals surface area contributed by atoms with Gasteiger partial charge in [0.25, 0.3) is 17.7 Å². The molecule has 1 heterocycles. The van der Waals surface area contributed by atoms with E-state index in [0.717, 1.165) is 12.8 Å². The first-order chi connectivity index (χ1) is 25.9. The quantitative estimate of drug-likeness (QED) is 0.0742. The first-order valence-electron chi connectivity index (χ1n) is 20.5. The van der Waals surface area contributed by atoms with E-state index in [-0.39, 0.29) is 10.7 Å². The molecule has 0 aromatic carbocycles. The number of ketones is 1. The van der Waals surface area contributed by atoms with Crippen LogP contribution in [-0.2, 0) is 47.8 Å². The summed E-state index contributed by atoms with van der Waals surface area (Å²) in [6, 6.07) is -3.42. The second-order valence-electron chi connectivity index (χ2n) is 15.7. The fourth-order valence-electron chi connectivity index (χ4n) is 5.68. The number of nitrogens with one attached hydrogen (secondary N) is 4. The van der Waals surface area contributed by atoms with Crippen LogP contribution in [0.3, 0.4) is 0 Å². The normalized spacial score (nSPS) is 23.4. The first kappa shape index (κ1) is 51.5. The molecule has 6 atom stereocenters. The third-order valence-electron chi connectivity index (χ3n) is 9.27. The molecule has 6 unspecified atom stereocenters. The summed E-state index contributed by atoms with van der Waals surface area (Å²) in [7, 11) is 1.79. The van der Waals surface area contributed by atoms with Crippen molar-refractivity contribution in [1.82, 2.24) is 21.3 Å². The summed E-state index contributed by atoms with van der Waals surface area (Å²) in [5, 5.41) is 10.7. The van der Waals surface area contributed by atoms with Gasteiger partial charge in [0.2, 0.25) is 0 Å². The van der Waals surface area contributed by atoms with Gasteiger partial charge >= 0.3 is 17.9 Å². The largest absolute Gasteiger partial charge is 0.451 e. The number of unbranched alkanes of at least 4 members (excludes halogenated alkanes) is 9. The monoisotopic (exact) mass is 792 g/mol. The minimum atomic E-state index is -1.31. The maximum Gasteiger partial charge on any atom is 0.329 e. The average Bonchev–Trinajstić information content (AvgIpc) is 3.11. The van der Waals surface area contributed by atoms with Gasteiger partial charge in [-0.25, -0.2) is 14.4 Å². The predicted octanol–water partition coefficient (Wildman–Crippen LogP) is 5.82. The molecule has 0 aliphatic carbocycles. The molecule has 0 aromatic heterocycles. The molecule has 1 aliphatic heterocycles. The molecular formula is C41H80N4O10. The van der Waals surface area contributed by atoms with Crippen LogP contribution < -0.4 is 21.3 Å². The molecule has 14 nitrogen and oxygen atoms in total. The lowest BCUT2D eigenvalue weighted by molar-refractivity contribution is -0.166. The van der Waals surface area contributed by atoms with E-state index in [1.165, 1.54) is 65.2 Å². The SMILES string of the molecule is CCCCCCCCCCCC(C)=O.CNCCCCC1NC(=O)C(C)OC(=O)C(C(C)C)NC(=O)C(C)OC(=O)C(C(C)C)NC(=O)C(C(C)C)OC1=O.[2HH].[2HH].[2HH]. The van der Waals surface area contributed by atoms with Gasteiger partial charge in [-0.05, 0) is 77.8 Å². The lowest BCUT2D eigenvalue weighted by Crippen LogP contribution is -2.55. The second-order valence-corrected chi connectivity index (χ2v) is 15.7. The lowest BCUT2D eigenvalue weighted by Gasteiger charge is -2.29. The summed E-state index contributed by atoms with van der Waals surface area (Å²) in [5.74, 6) is -5.78. The molecule has 1 fully saturated rings. The van der Waals surface area contributed by atoms with Gasteiger partial charge in [-0.3, -0.25) is 14.4 Å². The zero-order chi connectivity index (χ0) is 42.1. The Hall–Kier alpha value is -3.55. The maximum atomic E-state index is 13.3. The zero-order valence-corrected chi connectivity index (χ0v) is 35.7. The van der Waals surface area contributed by atoms with Gasteiger partial charge in [0.05, 0.1) is 0 Å². The molecule has 4 N–H and O–H groups in total. The standard InChI is InChI=1S/C28H48N4O9.C13H26O.3H2/c1-14(2)20-27(37)39-17(7)23(33)30-19(12-10-11-13-29-9)26(36)41-22(16(5)6)25(35)32-21(15(3)4)28(38)40-18(8)24(34)31-20;1-3-4-5-6-7-8-9-10-11-12-13(2)14;;;/h14-22,29H,10-13H2,1-9H3,(H,30,33)(H,31,34)(H,32,35);3-12H2,1-2H3;3*1H/i;;3*1+1. The summed E-state index contributed by atoms with van der Waals surface area (Å²) in [6.07, 6.45) is 10.3. The number of hydrogen-bond acceptors (Lipinski definition) is 11. The summed E-state index contributed by atoms with van der Waals surface area (Å²) >= 11 is 0. The summed E-state index contributed by atoms with van der Waals surface area (Å²) in [4.78, 5) is 88.9. The Balaban J connectivity index is -0.000000731. The van der Waals surface area contributed by atoms with E-state index in [1.54, 1.807) is 55.5 Å². The predicted molar refractivity (Wildman–Crippen MR) is 218 cm³/mol. The van der Waals surface area contributed by atoms with Crippen molar-refractivity contribution in [3.05, 3.63) is 0 Å². The van der Waals surface area contributed by atoms with E-state index >= 15 is 0 Å². The highest BCUT2D eigenvalue weighted by molar-refractivity contribution is 5.93. The molecule has 0 radical (unpaired) electrons. The number of esters is 3. The van der Waals surface area contributed by atoms with Gasteiger partial charge in [-0.1, -0.05) is 99.8 Å². The van der Waals surface area contributed by atoms with Crippen LogP contribution in [0.25, 0.3) is 0 Å². The van der Waals surface area contributed by atoms with Crippen molar-refractivity contribution in [1.29, 1.82) is 0 Å². The molecule has 3 amide bonds. The summed E-state index contributed by atoms with van der Waals surface area (Å²) in [5.41, 5.74) is 0. The van der Waals surface area contributed by atoms with Crippen LogP contribution in [0, 0.1) is 17.8 Å². The number of hydrogen-bond donors (Lipinski definition) is 4. The van der Waals surface area contributed by atoms with Crippen LogP contribution in [0.4, 0.5) is 0 Å². The number of amides is 3. The summed E-state index contributed by atoms with van der Waals surface area (Å²) < 4.78 is 16.3. The molecule has 0 saturated carbocycles. The van der Waals surface area contributed by atoms with Crippen molar-refractivity contribution in [3.8, 4) is 0 Å². The molecule has 55 heavy (non-hydrogen) atoms. The van der Waals surface area contributed by atoms with E-state index in [0.29, 0.717) is 25.2 Å². The van der Waals surface area contributed by atoms with Crippen LogP contribution in [-0.4, -0.2) is 91.4 Å². The Morgan fingerprint density at radius 2 is 1.07 bits per heavy atom. The van der Waals surface area contributed by atoms with Crippen molar-refractivity contribution in [3.63, 3.8) is 0 Å². The Morgan fingerprint density at radius 3 is 1.51 bits per heavy atom. The van der Waals surface area contributed by atoms with Gasteiger partial charge in [-0.2, -0.15) is 0 Å². The van der Waals surface area contributed by atoms with Crippen molar-refractivity contribution in [2.45, 2.75) is 189 Å². The Bertz CT molecular complexity index is 1210. The van der Waals surface area contributed by atoms with Crippen LogP contribution in [0.5, 0.6) is 0 Å². The average molecular weight is 792 g/mol. The summed E-state index contributed by atoms with van der Waals surface area (Å²) in [6.45, 7) is 17.4. The van der Waals surface area contributed by atoms with E-state index in [9.17, 15) is 33.6 Å². The number of carbonyl (C=O) groups excluding carboxylic acids is 7. The highest BCUT2D eigenvalue weighted by atomic mass is 16.6. The van der Waals surface area contributed by atoms with Gasteiger partial charge < -0.3 is 40.3 Å². The van der Waals surface area contributed by atoms with Crippen LogP contribution in [0.2, 0.25) is 0 Å². The smallest absolute Gasteiger partial charge is 0.329 e. The second kappa shape index (κ2) is 28.8. The Labute approximate surface area is 334 Å². The molecule has 0 spiro atoms. The lowest BCUT2D eigenvalue weighted by atomic mass is 10.0. The minimum absolute atomic E-state index is 0. The third-order valence-corrected chi connectivity index (χ3v) is 9.27. The highest BCUT2D eigenvalue weighted by Crippen LogP contribution is 2.16. The topological polar surface area (TPSA) is 195 Å². The number of cyclic esters (lactones) is 3. The number of rotatable bonds is 18. The van der Waals surface area contributed by atoms with Gasteiger partial charge in [0.1, 0.15) is 23.9 Å².